The molecule has 144 valence electrons. The average molecular weight is 382 g/mol. The molecule has 3 nitrogen and oxygen atoms in total. The molecule has 0 aliphatic rings. The van der Waals surface area contributed by atoms with E-state index in [0.717, 1.165) is 22.6 Å². The molecule has 3 heteroatoms. The van der Waals surface area contributed by atoms with Gasteiger partial charge in [-0.25, -0.2) is 0 Å². The molecule has 0 atom stereocenters. The van der Waals surface area contributed by atoms with Crippen LogP contribution in [0.5, 0.6) is 11.5 Å². The van der Waals surface area contributed by atoms with Gasteiger partial charge in [-0.2, -0.15) is 4.57 Å². The summed E-state index contributed by atoms with van der Waals surface area (Å²) in [6.45, 7) is 0. The number of aromatic nitrogens is 1. The topological polar surface area (TPSA) is 22.3 Å². The molecule has 0 saturated heterocycles. The normalized spacial score (nSPS) is 11.1. The Morgan fingerprint density at radius 1 is 0.517 bits per heavy atom. The van der Waals surface area contributed by atoms with Crippen molar-refractivity contribution in [1.29, 1.82) is 0 Å². The van der Waals surface area contributed by atoms with Gasteiger partial charge < -0.3 is 9.47 Å². The van der Waals surface area contributed by atoms with E-state index in [1.165, 1.54) is 5.56 Å². The molecular weight excluding hydrogens is 358 g/mol. The van der Waals surface area contributed by atoms with Crippen LogP contribution in [0, 0.1) is 0 Å². The van der Waals surface area contributed by atoms with Gasteiger partial charge in [-0.15, -0.1) is 0 Å². The Labute approximate surface area is 171 Å². The highest BCUT2D eigenvalue weighted by atomic mass is 16.5. The van der Waals surface area contributed by atoms with Crippen LogP contribution in [0.3, 0.4) is 0 Å². The molecule has 0 aliphatic heterocycles. The Morgan fingerprint density at radius 2 is 0.931 bits per heavy atom. The molecule has 0 amide bonds. The zero-order valence-corrected chi connectivity index (χ0v) is 16.7. The Bertz CT molecular complexity index is 954. The van der Waals surface area contributed by atoms with E-state index in [9.17, 15) is 0 Å². The van der Waals surface area contributed by atoms with Crippen LogP contribution in [0.4, 0.5) is 0 Å². The van der Waals surface area contributed by atoms with Crippen molar-refractivity contribution in [2.75, 3.05) is 14.2 Å². The molecule has 0 radical (unpaired) electrons. The van der Waals surface area contributed by atoms with Gasteiger partial charge in [0, 0.05) is 28.8 Å². The molecular formula is C26H24NO2+. The predicted molar refractivity (Wildman–Crippen MR) is 114 cm³/mol. The van der Waals surface area contributed by atoms with Gasteiger partial charge in [0.05, 0.1) is 14.2 Å². The SMILES string of the molecule is COc1ccc(C(c2ccccc2)(c2ccc(OC)cc2)[n+]2ccccc2)cc1. The third kappa shape index (κ3) is 3.36. The van der Waals surface area contributed by atoms with Crippen LogP contribution >= 0.6 is 0 Å². The number of ether oxygens (including phenoxy) is 2. The van der Waals surface area contributed by atoms with E-state index in [-0.39, 0.29) is 0 Å². The smallest absolute Gasteiger partial charge is 0.243 e. The van der Waals surface area contributed by atoms with Crippen molar-refractivity contribution in [3.05, 3.63) is 126 Å². The van der Waals surface area contributed by atoms with Crippen LogP contribution < -0.4 is 14.0 Å². The summed E-state index contributed by atoms with van der Waals surface area (Å²) < 4.78 is 13.1. The van der Waals surface area contributed by atoms with E-state index in [1.807, 2.05) is 36.4 Å². The van der Waals surface area contributed by atoms with Crippen molar-refractivity contribution >= 4 is 0 Å². The molecule has 0 bridgehead atoms. The fraction of sp³-hybridized carbons (Fsp3) is 0.115. The van der Waals surface area contributed by atoms with E-state index >= 15 is 0 Å². The predicted octanol–water partition coefficient (Wildman–Crippen LogP) is 4.83. The maximum Gasteiger partial charge on any atom is 0.243 e. The van der Waals surface area contributed by atoms with Gasteiger partial charge in [-0.05, 0) is 48.5 Å². The summed E-state index contributed by atoms with van der Waals surface area (Å²) in [6.07, 6.45) is 4.23. The van der Waals surface area contributed by atoms with Gasteiger partial charge >= 0.3 is 0 Å². The second-order valence-corrected chi connectivity index (χ2v) is 6.82. The Kier molecular flexibility index (Phi) is 5.30. The van der Waals surface area contributed by atoms with Crippen LogP contribution in [0.1, 0.15) is 16.7 Å². The number of nitrogens with zero attached hydrogens (tertiary/aromatic N) is 1. The number of benzene rings is 3. The van der Waals surface area contributed by atoms with E-state index in [2.05, 4.69) is 77.6 Å². The summed E-state index contributed by atoms with van der Waals surface area (Å²) in [5.41, 5.74) is 2.92. The van der Waals surface area contributed by atoms with Crippen molar-refractivity contribution < 1.29 is 14.0 Å². The highest BCUT2D eigenvalue weighted by Crippen LogP contribution is 2.37. The standard InChI is InChI=1S/C26H24NO2/c1-28-24-15-11-22(12-16-24)26(21-9-5-3-6-10-21,27-19-7-4-8-20-27)23-13-17-25(29-2)18-14-23/h3-20H,1-2H3/q+1. The summed E-state index contributed by atoms with van der Waals surface area (Å²) in [6, 6.07) is 33.3. The van der Waals surface area contributed by atoms with Crippen LogP contribution in [0.2, 0.25) is 0 Å². The highest BCUT2D eigenvalue weighted by Gasteiger charge is 2.45. The first-order valence-electron chi connectivity index (χ1n) is 9.60. The zero-order chi connectivity index (χ0) is 20.1. The van der Waals surface area contributed by atoms with Crippen molar-refractivity contribution in [3.8, 4) is 11.5 Å². The van der Waals surface area contributed by atoms with Gasteiger partial charge in [-0.1, -0.05) is 36.4 Å². The van der Waals surface area contributed by atoms with Gasteiger partial charge in [0.1, 0.15) is 11.5 Å². The maximum absolute atomic E-state index is 5.41. The van der Waals surface area contributed by atoms with Crippen LogP contribution in [-0.4, -0.2) is 14.2 Å². The molecule has 3 aromatic carbocycles. The van der Waals surface area contributed by atoms with Gasteiger partial charge in [-0.3, -0.25) is 0 Å². The third-order valence-electron chi connectivity index (χ3n) is 5.31. The number of hydrogen-bond donors (Lipinski definition) is 0. The largest absolute Gasteiger partial charge is 0.497 e. The number of rotatable bonds is 6. The minimum absolute atomic E-state index is 0.541. The fourth-order valence-electron chi connectivity index (χ4n) is 3.91. The summed E-state index contributed by atoms with van der Waals surface area (Å²) in [5.74, 6) is 1.67. The second-order valence-electron chi connectivity index (χ2n) is 6.82. The lowest BCUT2D eigenvalue weighted by Gasteiger charge is -2.30. The number of hydrogen-bond acceptors (Lipinski definition) is 2. The Hall–Kier alpha value is -3.59. The van der Waals surface area contributed by atoms with E-state index in [0.29, 0.717) is 0 Å². The molecule has 0 fully saturated rings. The average Bonchev–Trinajstić information content (AvgIpc) is 2.82. The fourth-order valence-corrected chi connectivity index (χ4v) is 3.91. The molecule has 1 heterocycles. The molecule has 0 N–H and O–H groups in total. The lowest BCUT2D eigenvalue weighted by Crippen LogP contribution is -2.58. The Morgan fingerprint density at radius 3 is 1.38 bits per heavy atom. The van der Waals surface area contributed by atoms with Crippen molar-refractivity contribution in [3.63, 3.8) is 0 Å². The summed E-state index contributed by atoms with van der Waals surface area (Å²) in [7, 11) is 3.38. The molecule has 0 aliphatic carbocycles. The van der Waals surface area contributed by atoms with Crippen molar-refractivity contribution in [1.82, 2.24) is 0 Å². The summed E-state index contributed by atoms with van der Waals surface area (Å²) in [5, 5.41) is 0. The summed E-state index contributed by atoms with van der Waals surface area (Å²) in [4.78, 5) is 0. The van der Waals surface area contributed by atoms with E-state index in [1.54, 1.807) is 14.2 Å². The molecule has 4 aromatic rings. The summed E-state index contributed by atoms with van der Waals surface area (Å²) >= 11 is 0. The van der Waals surface area contributed by atoms with E-state index in [4.69, 9.17) is 9.47 Å². The maximum atomic E-state index is 5.41. The number of methoxy groups -OCH3 is 2. The van der Waals surface area contributed by atoms with Crippen molar-refractivity contribution in [2.24, 2.45) is 0 Å². The first-order valence-corrected chi connectivity index (χ1v) is 9.60. The molecule has 4 rings (SSSR count). The highest BCUT2D eigenvalue weighted by molar-refractivity contribution is 5.49. The Balaban J connectivity index is 2.06. The van der Waals surface area contributed by atoms with Crippen LogP contribution in [0.25, 0.3) is 0 Å². The second kappa shape index (κ2) is 8.19. The molecule has 1 aromatic heterocycles. The minimum Gasteiger partial charge on any atom is -0.497 e. The van der Waals surface area contributed by atoms with Crippen LogP contribution in [-0.2, 0) is 5.54 Å². The quantitative estimate of drug-likeness (QED) is 0.352. The van der Waals surface area contributed by atoms with Gasteiger partial charge in [0.25, 0.3) is 0 Å². The van der Waals surface area contributed by atoms with Crippen LogP contribution in [0.15, 0.2) is 109 Å². The first-order chi connectivity index (χ1) is 14.3. The first kappa shape index (κ1) is 18.8. The lowest BCUT2D eigenvalue weighted by molar-refractivity contribution is -0.734. The molecule has 29 heavy (non-hydrogen) atoms. The third-order valence-corrected chi connectivity index (χ3v) is 5.31. The van der Waals surface area contributed by atoms with Gasteiger partial charge in [0.2, 0.25) is 5.54 Å². The molecule has 0 spiro atoms. The van der Waals surface area contributed by atoms with Gasteiger partial charge in [0.15, 0.2) is 12.4 Å². The van der Waals surface area contributed by atoms with E-state index < -0.39 is 5.54 Å². The number of pyridine rings is 1. The van der Waals surface area contributed by atoms with Crippen molar-refractivity contribution in [2.45, 2.75) is 5.54 Å². The zero-order valence-electron chi connectivity index (χ0n) is 16.7. The lowest BCUT2D eigenvalue weighted by atomic mass is 9.76. The molecule has 0 saturated carbocycles. The minimum atomic E-state index is -0.541. The monoisotopic (exact) mass is 382 g/mol. The molecule has 0 unspecified atom stereocenters.